The van der Waals surface area contributed by atoms with E-state index in [1.807, 2.05) is 12.1 Å². The van der Waals surface area contributed by atoms with Crippen molar-refractivity contribution in [1.29, 1.82) is 0 Å². The van der Waals surface area contributed by atoms with Crippen molar-refractivity contribution in [2.75, 3.05) is 5.32 Å². The molecule has 1 aromatic rings. The molecule has 0 saturated carbocycles. The number of phenolic OH excluding ortho intramolecular Hbond substituents is 1. The Morgan fingerprint density at radius 3 is 1.86 bits per heavy atom. The molecule has 0 aliphatic rings. The highest BCUT2D eigenvalue weighted by atomic mass is 16.3. The summed E-state index contributed by atoms with van der Waals surface area (Å²) < 4.78 is 0. The summed E-state index contributed by atoms with van der Waals surface area (Å²) in [6.45, 7) is 14.5. The van der Waals surface area contributed by atoms with Gasteiger partial charge in [-0.05, 0) is 29.4 Å². The minimum absolute atomic E-state index is 0.0345. The minimum atomic E-state index is -0.186. The predicted octanol–water partition coefficient (Wildman–Crippen LogP) is 5.12. The summed E-state index contributed by atoms with van der Waals surface area (Å²) in [7, 11) is 0. The van der Waals surface area contributed by atoms with Gasteiger partial charge in [-0.2, -0.15) is 0 Å². The van der Waals surface area contributed by atoms with Crippen molar-refractivity contribution in [1.82, 2.24) is 0 Å². The molecule has 0 fully saturated rings. The molecule has 1 amide bonds. The Morgan fingerprint density at radius 1 is 1.05 bits per heavy atom. The van der Waals surface area contributed by atoms with Crippen LogP contribution in [0.1, 0.15) is 78.9 Å². The van der Waals surface area contributed by atoms with Gasteiger partial charge in [0, 0.05) is 23.2 Å². The third-order valence-electron chi connectivity index (χ3n) is 3.77. The van der Waals surface area contributed by atoms with E-state index in [0.29, 0.717) is 12.2 Å². The van der Waals surface area contributed by atoms with E-state index in [1.165, 1.54) is 0 Å². The van der Waals surface area contributed by atoms with E-state index >= 15 is 0 Å². The lowest BCUT2D eigenvalue weighted by atomic mass is 9.79. The third-order valence-corrected chi connectivity index (χ3v) is 3.77. The summed E-state index contributed by atoms with van der Waals surface area (Å²) in [4.78, 5) is 12.0. The van der Waals surface area contributed by atoms with Gasteiger partial charge in [0.2, 0.25) is 5.91 Å². The topological polar surface area (TPSA) is 49.3 Å². The highest BCUT2D eigenvalue weighted by Crippen LogP contribution is 2.41. The number of amides is 1. The van der Waals surface area contributed by atoms with Crippen LogP contribution in [0.25, 0.3) is 0 Å². The number of hydrogen-bond donors (Lipinski definition) is 2. The summed E-state index contributed by atoms with van der Waals surface area (Å²) in [5.41, 5.74) is 2.13. The fourth-order valence-electron chi connectivity index (χ4n) is 2.41. The molecule has 2 N–H and O–H groups in total. The van der Waals surface area contributed by atoms with Gasteiger partial charge in [0.1, 0.15) is 5.75 Å². The second-order valence-corrected chi connectivity index (χ2v) is 8.07. The molecule has 124 valence electrons. The number of phenols is 1. The summed E-state index contributed by atoms with van der Waals surface area (Å²) in [5.74, 6) is 0.374. The monoisotopic (exact) mass is 305 g/mol. The van der Waals surface area contributed by atoms with E-state index in [1.54, 1.807) is 0 Å². The molecule has 0 bridgehead atoms. The summed E-state index contributed by atoms with van der Waals surface area (Å²) in [5, 5.41) is 13.6. The van der Waals surface area contributed by atoms with Crippen molar-refractivity contribution < 1.29 is 9.90 Å². The minimum Gasteiger partial charge on any atom is -0.507 e. The number of hydrogen-bond acceptors (Lipinski definition) is 2. The molecule has 0 unspecified atom stereocenters. The van der Waals surface area contributed by atoms with Crippen LogP contribution < -0.4 is 5.32 Å². The van der Waals surface area contributed by atoms with Gasteiger partial charge in [-0.3, -0.25) is 4.79 Å². The van der Waals surface area contributed by atoms with Gasteiger partial charge in [0.15, 0.2) is 0 Å². The van der Waals surface area contributed by atoms with Crippen LogP contribution in [0, 0.1) is 0 Å². The largest absolute Gasteiger partial charge is 0.507 e. The van der Waals surface area contributed by atoms with Crippen molar-refractivity contribution >= 4 is 11.6 Å². The van der Waals surface area contributed by atoms with Crippen LogP contribution in [-0.2, 0) is 15.6 Å². The van der Waals surface area contributed by atoms with Crippen LogP contribution >= 0.6 is 0 Å². The number of anilines is 1. The molecule has 0 spiro atoms. The van der Waals surface area contributed by atoms with Crippen LogP contribution in [0.5, 0.6) is 5.75 Å². The quantitative estimate of drug-likeness (QED) is 0.759. The number of nitrogens with one attached hydrogen (secondary N) is 1. The number of unbranched alkanes of at least 4 members (excludes halogenated alkanes) is 1. The first kappa shape index (κ1) is 18.5. The van der Waals surface area contributed by atoms with Crippen LogP contribution in [0.2, 0.25) is 0 Å². The normalized spacial score (nSPS) is 12.3. The number of aromatic hydroxyl groups is 1. The molecular weight excluding hydrogens is 274 g/mol. The standard InChI is InChI=1S/C19H31NO2/c1-8-9-10-16(21)20-13-11-14(18(2,3)4)17(22)15(12-13)19(5,6)7/h11-12,22H,8-10H2,1-7H3,(H,20,21). The van der Waals surface area contributed by atoms with E-state index in [9.17, 15) is 9.90 Å². The van der Waals surface area contributed by atoms with Crippen LogP contribution in [0.4, 0.5) is 5.69 Å². The van der Waals surface area contributed by atoms with Crippen molar-refractivity contribution in [3.05, 3.63) is 23.3 Å². The number of carbonyl (C=O) groups is 1. The zero-order chi connectivity index (χ0) is 17.1. The molecule has 0 aliphatic heterocycles. The molecule has 0 saturated heterocycles. The van der Waals surface area contributed by atoms with Gasteiger partial charge >= 0.3 is 0 Å². The Bertz CT molecular complexity index is 498. The number of carbonyl (C=O) groups excluding carboxylic acids is 1. The Hall–Kier alpha value is -1.51. The molecule has 22 heavy (non-hydrogen) atoms. The molecule has 1 rings (SSSR count). The van der Waals surface area contributed by atoms with E-state index in [4.69, 9.17) is 0 Å². The number of benzene rings is 1. The molecular formula is C19H31NO2. The highest BCUT2D eigenvalue weighted by molar-refractivity contribution is 5.91. The van der Waals surface area contributed by atoms with Gasteiger partial charge in [0.05, 0.1) is 0 Å². The van der Waals surface area contributed by atoms with Crippen LogP contribution in [0.3, 0.4) is 0 Å². The lowest BCUT2D eigenvalue weighted by Crippen LogP contribution is -2.19. The van der Waals surface area contributed by atoms with Crippen LogP contribution in [-0.4, -0.2) is 11.0 Å². The van der Waals surface area contributed by atoms with E-state index in [2.05, 4.69) is 53.8 Å². The first-order chi connectivity index (χ1) is 9.96. The Morgan fingerprint density at radius 2 is 1.50 bits per heavy atom. The molecule has 0 atom stereocenters. The van der Waals surface area contributed by atoms with Gasteiger partial charge in [-0.25, -0.2) is 0 Å². The van der Waals surface area contributed by atoms with Gasteiger partial charge in [-0.1, -0.05) is 54.9 Å². The fraction of sp³-hybridized carbons (Fsp3) is 0.632. The highest BCUT2D eigenvalue weighted by Gasteiger charge is 2.26. The Balaban J connectivity index is 3.27. The molecule has 0 aromatic heterocycles. The summed E-state index contributed by atoms with van der Waals surface area (Å²) in [6.07, 6.45) is 2.43. The van der Waals surface area contributed by atoms with E-state index < -0.39 is 0 Å². The van der Waals surface area contributed by atoms with Gasteiger partial charge < -0.3 is 10.4 Å². The Kier molecular flexibility index (Phi) is 5.66. The molecule has 3 heteroatoms. The lowest BCUT2D eigenvalue weighted by molar-refractivity contribution is -0.116. The van der Waals surface area contributed by atoms with Crippen molar-refractivity contribution in [2.24, 2.45) is 0 Å². The number of rotatable bonds is 4. The van der Waals surface area contributed by atoms with Gasteiger partial charge in [0.25, 0.3) is 0 Å². The van der Waals surface area contributed by atoms with Crippen molar-refractivity contribution in [3.63, 3.8) is 0 Å². The third kappa shape index (κ3) is 4.75. The predicted molar refractivity (Wildman–Crippen MR) is 93.7 cm³/mol. The molecule has 0 radical (unpaired) electrons. The van der Waals surface area contributed by atoms with E-state index in [0.717, 1.165) is 29.7 Å². The van der Waals surface area contributed by atoms with Crippen molar-refractivity contribution in [2.45, 2.75) is 78.6 Å². The zero-order valence-corrected chi connectivity index (χ0v) is 15.1. The van der Waals surface area contributed by atoms with Crippen molar-refractivity contribution in [3.8, 4) is 5.75 Å². The summed E-state index contributed by atoms with van der Waals surface area (Å²) >= 11 is 0. The van der Waals surface area contributed by atoms with Gasteiger partial charge in [-0.15, -0.1) is 0 Å². The Labute approximate surface area is 135 Å². The van der Waals surface area contributed by atoms with E-state index in [-0.39, 0.29) is 16.7 Å². The molecule has 0 heterocycles. The first-order valence-corrected chi connectivity index (χ1v) is 8.14. The average Bonchev–Trinajstić information content (AvgIpc) is 2.35. The zero-order valence-electron chi connectivity index (χ0n) is 15.1. The van der Waals surface area contributed by atoms with Crippen LogP contribution in [0.15, 0.2) is 12.1 Å². The second-order valence-electron chi connectivity index (χ2n) is 8.07. The second kappa shape index (κ2) is 6.72. The SMILES string of the molecule is CCCCC(=O)Nc1cc(C(C)(C)C)c(O)c(C(C)(C)C)c1. The summed E-state index contributed by atoms with van der Waals surface area (Å²) in [6, 6.07) is 3.79. The molecule has 1 aromatic carbocycles. The average molecular weight is 305 g/mol. The molecule has 0 aliphatic carbocycles. The molecule has 3 nitrogen and oxygen atoms in total. The smallest absolute Gasteiger partial charge is 0.224 e. The maximum absolute atomic E-state index is 12.0. The maximum Gasteiger partial charge on any atom is 0.224 e. The maximum atomic E-state index is 12.0. The first-order valence-electron chi connectivity index (χ1n) is 8.14. The lowest BCUT2D eigenvalue weighted by Gasteiger charge is -2.28. The fourth-order valence-corrected chi connectivity index (χ4v) is 2.41.